The highest BCUT2D eigenvalue weighted by molar-refractivity contribution is 7.89. The van der Waals surface area contributed by atoms with E-state index in [9.17, 15) is 18.0 Å². The zero-order valence-electron chi connectivity index (χ0n) is 11.6. The van der Waals surface area contributed by atoms with Gasteiger partial charge in [-0.05, 0) is 24.0 Å². The molecule has 0 aliphatic heterocycles. The molecule has 6 nitrogen and oxygen atoms in total. The first-order valence-electron chi connectivity index (χ1n) is 6.50. The molecule has 0 radical (unpaired) electrons. The van der Waals surface area contributed by atoms with Gasteiger partial charge in [0.2, 0.25) is 5.91 Å². The summed E-state index contributed by atoms with van der Waals surface area (Å²) in [5.74, 6) is -1.57. The Bertz CT molecular complexity index is 659. The Labute approximate surface area is 123 Å². The Morgan fingerprint density at radius 1 is 1.19 bits per heavy atom. The number of hydrogen-bond acceptors (Lipinski definition) is 4. The highest BCUT2D eigenvalue weighted by atomic mass is 32.2. The fourth-order valence-electron chi connectivity index (χ4n) is 2.07. The second kappa shape index (κ2) is 5.48. The molecule has 1 amide bonds. The van der Waals surface area contributed by atoms with Gasteiger partial charge in [0.15, 0.2) is 9.84 Å². The van der Waals surface area contributed by atoms with Crippen LogP contribution in [0.15, 0.2) is 24.3 Å². The summed E-state index contributed by atoms with van der Waals surface area (Å²) in [4.78, 5) is 22.8. The summed E-state index contributed by atoms with van der Waals surface area (Å²) < 4.78 is 22.3. The number of benzene rings is 1. The van der Waals surface area contributed by atoms with Crippen LogP contribution < -0.4 is 5.32 Å². The van der Waals surface area contributed by atoms with Crippen molar-refractivity contribution in [3.05, 3.63) is 35.4 Å². The lowest BCUT2D eigenvalue weighted by molar-refractivity contribution is -0.149. The molecular weight excluding hydrogens is 294 g/mol. The molecule has 7 heteroatoms. The second-order valence-electron chi connectivity index (χ2n) is 5.46. The molecule has 1 aromatic carbocycles. The highest BCUT2D eigenvalue weighted by Crippen LogP contribution is 2.46. The zero-order chi connectivity index (χ0) is 15.7. The maximum Gasteiger partial charge on any atom is 0.319 e. The number of carboxylic acid groups (broad SMARTS) is 1. The van der Waals surface area contributed by atoms with Gasteiger partial charge < -0.3 is 10.4 Å². The molecule has 114 valence electrons. The molecule has 0 unspecified atom stereocenters. The highest BCUT2D eigenvalue weighted by Gasteiger charge is 2.56. The van der Waals surface area contributed by atoms with Crippen molar-refractivity contribution >= 4 is 21.7 Å². The van der Waals surface area contributed by atoms with Crippen LogP contribution in [0.25, 0.3) is 0 Å². The van der Waals surface area contributed by atoms with Crippen LogP contribution in [0.5, 0.6) is 0 Å². The lowest BCUT2D eigenvalue weighted by Crippen LogP contribution is -2.36. The summed E-state index contributed by atoms with van der Waals surface area (Å²) in [7, 11) is -3.07. The standard InChI is InChI=1S/C14H17NO5S/c1-21(19,20)9-11-4-2-10(3-5-11)8-15-12(16)14(6-7-14)13(17)18/h2-5H,6-9H2,1H3,(H,15,16)(H,17,18). The van der Waals surface area contributed by atoms with E-state index >= 15 is 0 Å². The first-order chi connectivity index (χ1) is 9.73. The Morgan fingerprint density at radius 3 is 2.14 bits per heavy atom. The average Bonchev–Trinajstić information content (AvgIpc) is 3.17. The third-order valence-corrected chi connectivity index (χ3v) is 4.36. The molecule has 0 saturated heterocycles. The van der Waals surface area contributed by atoms with Crippen LogP contribution in [-0.2, 0) is 31.7 Å². The first kappa shape index (κ1) is 15.5. The van der Waals surface area contributed by atoms with Crippen molar-refractivity contribution < 1.29 is 23.1 Å². The van der Waals surface area contributed by atoms with Crippen molar-refractivity contribution in [1.29, 1.82) is 0 Å². The summed E-state index contributed by atoms with van der Waals surface area (Å²) in [6, 6.07) is 6.82. The fourth-order valence-corrected chi connectivity index (χ4v) is 2.87. The molecule has 0 atom stereocenters. The summed E-state index contributed by atoms with van der Waals surface area (Å²) in [5, 5.41) is 11.6. The molecule has 21 heavy (non-hydrogen) atoms. The normalized spacial score (nSPS) is 16.2. The third kappa shape index (κ3) is 3.81. The molecule has 1 aliphatic rings. The molecule has 0 heterocycles. The van der Waals surface area contributed by atoms with Crippen LogP contribution in [0.1, 0.15) is 24.0 Å². The van der Waals surface area contributed by atoms with Gasteiger partial charge >= 0.3 is 5.97 Å². The molecule has 1 aromatic rings. The van der Waals surface area contributed by atoms with Crippen LogP contribution in [0.4, 0.5) is 0 Å². The van der Waals surface area contributed by atoms with E-state index in [1.807, 2.05) is 0 Å². The van der Waals surface area contributed by atoms with Gasteiger partial charge in [-0.1, -0.05) is 24.3 Å². The first-order valence-corrected chi connectivity index (χ1v) is 8.56. The van der Waals surface area contributed by atoms with Crippen LogP contribution in [0, 0.1) is 5.41 Å². The lowest BCUT2D eigenvalue weighted by atomic mass is 10.1. The van der Waals surface area contributed by atoms with E-state index in [1.54, 1.807) is 24.3 Å². The number of amides is 1. The predicted molar refractivity (Wildman–Crippen MR) is 76.1 cm³/mol. The maximum absolute atomic E-state index is 11.8. The van der Waals surface area contributed by atoms with Gasteiger partial charge in [-0.3, -0.25) is 9.59 Å². The van der Waals surface area contributed by atoms with E-state index in [0.717, 1.165) is 5.56 Å². The van der Waals surface area contributed by atoms with Crippen molar-refractivity contribution in [1.82, 2.24) is 5.32 Å². The van der Waals surface area contributed by atoms with Crippen LogP contribution in [0.3, 0.4) is 0 Å². The molecule has 0 aromatic heterocycles. The Kier molecular flexibility index (Phi) is 4.04. The zero-order valence-corrected chi connectivity index (χ0v) is 12.4. The van der Waals surface area contributed by atoms with Gasteiger partial charge in [-0.25, -0.2) is 8.42 Å². The van der Waals surface area contributed by atoms with Crippen LogP contribution >= 0.6 is 0 Å². The molecule has 0 bridgehead atoms. The molecule has 1 aliphatic carbocycles. The van der Waals surface area contributed by atoms with Gasteiger partial charge in [0.05, 0.1) is 5.75 Å². The van der Waals surface area contributed by atoms with Crippen molar-refractivity contribution in [3.63, 3.8) is 0 Å². The van der Waals surface area contributed by atoms with Crippen LogP contribution in [-0.4, -0.2) is 31.7 Å². The number of sulfone groups is 1. The molecule has 0 spiro atoms. The minimum Gasteiger partial charge on any atom is -0.480 e. The number of hydrogen-bond donors (Lipinski definition) is 2. The molecule has 1 saturated carbocycles. The maximum atomic E-state index is 11.8. The Hall–Kier alpha value is -1.89. The number of rotatable bonds is 6. The summed E-state index contributed by atoms with van der Waals surface area (Å²) in [6.07, 6.45) is 1.92. The minimum absolute atomic E-state index is 0.0260. The SMILES string of the molecule is CS(=O)(=O)Cc1ccc(CNC(=O)C2(C(=O)O)CC2)cc1. The topological polar surface area (TPSA) is 101 Å². The van der Waals surface area contributed by atoms with Gasteiger partial charge in [-0.15, -0.1) is 0 Å². The second-order valence-corrected chi connectivity index (χ2v) is 7.60. The molecular formula is C14H17NO5S. The van der Waals surface area contributed by atoms with E-state index < -0.39 is 27.1 Å². The molecule has 2 N–H and O–H groups in total. The largest absolute Gasteiger partial charge is 0.480 e. The van der Waals surface area contributed by atoms with Crippen LogP contribution in [0.2, 0.25) is 0 Å². The van der Waals surface area contributed by atoms with E-state index in [0.29, 0.717) is 18.4 Å². The smallest absolute Gasteiger partial charge is 0.319 e. The quantitative estimate of drug-likeness (QED) is 0.754. The Morgan fingerprint density at radius 2 is 1.71 bits per heavy atom. The van der Waals surface area contributed by atoms with Gasteiger partial charge in [-0.2, -0.15) is 0 Å². The Balaban J connectivity index is 1.93. The van der Waals surface area contributed by atoms with E-state index in [4.69, 9.17) is 5.11 Å². The van der Waals surface area contributed by atoms with Gasteiger partial charge in [0, 0.05) is 12.8 Å². The fraction of sp³-hybridized carbons (Fsp3) is 0.429. The summed E-state index contributed by atoms with van der Waals surface area (Å²) in [5.41, 5.74) is 0.231. The van der Waals surface area contributed by atoms with E-state index in [2.05, 4.69) is 5.32 Å². The summed E-state index contributed by atoms with van der Waals surface area (Å²) in [6.45, 7) is 0.229. The van der Waals surface area contributed by atoms with Gasteiger partial charge in [0.25, 0.3) is 0 Å². The number of carboxylic acids is 1. The van der Waals surface area contributed by atoms with Crippen molar-refractivity contribution in [2.75, 3.05) is 6.26 Å². The number of nitrogens with one attached hydrogen (secondary N) is 1. The third-order valence-electron chi connectivity index (χ3n) is 3.50. The van der Waals surface area contributed by atoms with Crippen molar-refractivity contribution in [2.45, 2.75) is 25.1 Å². The summed E-state index contributed by atoms with van der Waals surface area (Å²) >= 11 is 0. The monoisotopic (exact) mass is 311 g/mol. The minimum atomic E-state index is -3.07. The van der Waals surface area contributed by atoms with E-state index in [-0.39, 0.29) is 12.3 Å². The number of aliphatic carboxylic acids is 1. The average molecular weight is 311 g/mol. The predicted octanol–water partition coefficient (Wildman–Crippen LogP) is 0.712. The lowest BCUT2D eigenvalue weighted by Gasteiger charge is -2.11. The number of carbonyl (C=O) groups excluding carboxylic acids is 1. The van der Waals surface area contributed by atoms with Crippen molar-refractivity contribution in [2.24, 2.45) is 5.41 Å². The molecule has 2 rings (SSSR count). The number of carbonyl (C=O) groups is 2. The van der Waals surface area contributed by atoms with Crippen molar-refractivity contribution in [3.8, 4) is 0 Å². The van der Waals surface area contributed by atoms with E-state index in [1.165, 1.54) is 6.26 Å². The molecule has 1 fully saturated rings. The van der Waals surface area contributed by atoms with Gasteiger partial charge in [0.1, 0.15) is 5.41 Å².